The minimum atomic E-state index is -4.66. The minimum Gasteiger partial charge on any atom is -0.481 e. The minimum absolute atomic E-state index is 0.187. The Morgan fingerprint density at radius 3 is 1.92 bits per heavy atom. The molecule has 1 saturated carbocycles. The fraction of sp³-hybridized carbons (Fsp3) is 0.310. The zero-order valence-corrected chi connectivity index (χ0v) is 21.8. The summed E-state index contributed by atoms with van der Waals surface area (Å²) in [6, 6.07) is 24.9. The highest BCUT2D eigenvalue weighted by atomic mass is 31.2. The van der Waals surface area contributed by atoms with Crippen LogP contribution in [0.4, 0.5) is 0 Å². The molecule has 2 atom stereocenters. The number of hydrogen-bond acceptors (Lipinski definition) is 4. The van der Waals surface area contributed by atoms with Crippen LogP contribution in [-0.2, 0) is 20.6 Å². The molecule has 0 aliphatic heterocycles. The van der Waals surface area contributed by atoms with Gasteiger partial charge in [-0.1, -0.05) is 84.9 Å². The maximum atomic E-state index is 13.5. The second-order valence-corrected chi connectivity index (χ2v) is 11.5. The molecule has 1 fully saturated rings. The fourth-order valence-electron chi connectivity index (χ4n) is 4.93. The monoisotopic (exact) mass is 536 g/mol. The molecule has 3 aromatic rings. The molecule has 0 radical (unpaired) electrons. The van der Waals surface area contributed by atoms with E-state index in [1.807, 2.05) is 54.6 Å². The summed E-state index contributed by atoms with van der Waals surface area (Å²) in [5.41, 5.74) is 3.31. The van der Waals surface area contributed by atoms with Crippen molar-refractivity contribution in [1.82, 2.24) is 10.6 Å². The van der Waals surface area contributed by atoms with Crippen LogP contribution < -0.4 is 10.6 Å². The van der Waals surface area contributed by atoms with Crippen molar-refractivity contribution in [2.75, 3.05) is 0 Å². The topological polar surface area (TPSA) is 136 Å². The van der Waals surface area contributed by atoms with Gasteiger partial charge in [0.05, 0.1) is 12.0 Å². The third-order valence-electron chi connectivity index (χ3n) is 7.05. The van der Waals surface area contributed by atoms with Gasteiger partial charge in [0.15, 0.2) is 0 Å². The zero-order chi connectivity index (χ0) is 27.1. The first-order valence-corrected chi connectivity index (χ1v) is 14.4. The van der Waals surface area contributed by atoms with Gasteiger partial charge in [0.2, 0.25) is 5.91 Å². The van der Waals surface area contributed by atoms with E-state index in [0.29, 0.717) is 31.2 Å². The number of carboxylic acid groups (broad SMARTS) is 1. The first-order valence-electron chi connectivity index (χ1n) is 12.7. The Kier molecular flexibility index (Phi) is 9.13. The van der Waals surface area contributed by atoms with E-state index in [0.717, 1.165) is 16.7 Å². The van der Waals surface area contributed by atoms with Crippen LogP contribution in [-0.4, -0.2) is 38.9 Å². The number of carbonyl (C=O) groups is 2. The summed E-state index contributed by atoms with van der Waals surface area (Å²) >= 11 is 0. The molecular weight excluding hydrogens is 503 g/mol. The molecule has 3 aromatic carbocycles. The predicted molar refractivity (Wildman–Crippen MR) is 145 cm³/mol. The van der Waals surface area contributed by atoms with Gasteiger partial charge in [-0.3, -0.25) is 19.5 Å². The maximum absolute atomic E-state index is 13.5. The van der Waals surface area contributed by atoms with Crippen molar-refractivity contribution in [2.24, 2.45) is 5.92 Å². The molecular formula is C29H33N2O6P. The number of aliphatic carboxylic acids is 1. The summed E-state index contributed by atoms with van der Waals surface area (Å²) in [5.74, 6) is -2.95. The van der Waals surface area contributed by atoms with Gasteiger partial charge < -0.3 is 20.2 Å². The van der Waals surface area contributed by atoms with E-state index in [-0.39, 0.29) is 18.4 Å². The van der Waals surface area contributed by atoms with E-state index in [2.05, 4.69) is 10.6 Å². The summed E-state index contributed by atoms with van der Waals surface area (Å²) in [7, 11) is -4.66. The fourth-order valence-corrected chi connectivity index (χ4v) is 5.86. The number of nitrogens with one attached hydrogen (secondary N) is 2. The Bertz CT molecular complexity index is 1260. The van der Waals surface area contributed by atoms with Crippen LogP contribution >= 0.6 is 7.60 Å². The lowest BCUT2D eigenvalue weighted by atomic mass is 9.86. The quantitative estimate of drug-likeness (QED) is 0.241. The van der Waals surface area contributed by atoms with E-state index in [1.54, 1.807) is 30.3 Å². The van der Waals surface area contributed by atoms with Crippen molar-refractivity contribution < 1.29 is 29.0 Å². The van der Waals surface area contributed by atoms with E-state index < -0.39 is 31.3 Å². The summed E-state index contributed by atoms with van der Waals surface area (Å²) in [5, 5.41) is 15.2. The van der Waals surface area contributed by atoms with Gasteiger partial charge in [0.25, 0.3) is 0 Å². The van der Waals surface area contributed by atoms with Crippen molar-refractivity contribution in [3.05, 3.63) is 96.1 Å². The van der Waals surface area contributed by atoms with Crippen LogP contribution in [0.15, 0.2) is 84.9 Å². The maximum Gasteiger partial charge on any atom is 0.346 e. The average molecular weight is 537 g/mol. The van der Waals surface area contributed by atoms with Crippen LogP contribution in [0.25, 0.3) is 11.1 Å². The van der Waals surface area contributed by atoms with Crippen molar-refractivity contribution in [3.8, 4) is 11.1 Å². The molecule has 1 amide bonds. The van der Waals surface area contributed by atoms with Crippen molar-refractivity contribution >= 4 is 19.5 Å². The molecule has 0 heterocycles. The van der Waals surface area contributed by atoms with Crippen molar-refractivity contribution in [3.63, 3.8) is 0 Å². The van der Waals surface area contributed by atoms with Gasteiger partial charge in [0, 0.05) is 6.04 Å². The van der Waals surface area contributed by atoms with Crippen LogP contribution in [0.5, 0.6) is 0 Å². The standard InChI is InChI=1S/C29H33N2O6P/c32-27(30-25-17-15-24(16-18-25)29(33)34)26(31-28(38(35,36)37)23-9-5-2-6-10-23)19-20-11-13-22(14-12-20)21-7-3-1-4-8-21/h1-14,24-26,28,31H,15-19H2,(H,30,32)(H,33,34)(H2,35,36,37). The van der Waals surface area contributed by atoms with Crippen molar-refractivity contribution in [1.29, 1.82) is 0 Å². The lowest BCUT2D eigenvalue weighted by Gasteiger charge is -2.30. The molecule has 38 heavy (non-hydrogen) atoms. The smallest absolute Gasteiger partial charge is 0.346 e. The Labute approximate surface area is 222 Å². The molecule has 0 spiro atoms. The van der Waals surface area contributed by atoms with Crippen molar-refractivity contribution in [2.45, 2.75) is 50.0 Å². The molecule has 9 heteroatoms. The van der Waals surface area contributed by atoms with Gasteiger partial charge in [0.1, 0.15) is 5.78 Å². The zero-order valence-electron chi connectivity index (χ0n) is 20.9. The molecule has 0 bridgehead atoms. The van der Waals surface area contributed by atoms with Crippen LogP contribution in [0.2, 0.25) is 0 Å². The summed E-state index contributed by atoms with van der Waals surface area (Å²) in [4.78, 5) is 45.1. The summed E-state index contributed by atoms with van der Waals surface area (Å²) in [6.07, 6.45) is 2.27. The number of hydrogen-bond donors (Lipinski definition) is 5. The molecule has 200 valence electrons. The lowest BCUT2D eigenvalue weighted by molar-refractivity contribution is -0.142. The van der Waals surface area contributed by atoms with E-state index in [1.165, 1.54) is 0 Å². The molecule has 0 saturated heterocycles. The second kappa shape index (κ2) is 12.5. The summed E-state index contributed by atoms with van der Waals surface area (Å²) in [6.45, 7) is 0. The van der Waals surface area contributed by atoms with Crippen LogP contribution in [0.3, 0.4) is 0 Å². The first kappa shape index (κ1) is 27.7. The molecule has 5 N–H and O–H groups in total. The number of carboxylic acids is 1. The van der Waals surface area contributed by atoms with Gasteiger partial charge in [-0.2, -0.15) is 0 Å². The molecule has 1 aliphatic carbocycles. The Morgan fingerprint density at radius 1 is 0.816 bits per heavy atom. The normalized spacial score (nSPS) is 19.3. The largest absolute Gasteiger partial charge is 0.481 e. The number of rotatable bonds is 10. The average Bonchev–Trinajstić information content (AvgIpc) is 2.92. The predicted octanol–water partition coefficient (Wildman–Crippen LogP) is 4.49. The van der Waals surface area contributed by atoms with E-state index >= 15 is 0 Å². The third-order valence-corrected chi connectivity index (χ3v) is 8.17. The number of benzene rings is 3. The highest BCUT2D eigenvalue weighted by Gasteiger charge is 2.35. The first-order chi connectivity index (χ1) is 18.2. The number of carbonyl (C=O) groups excluding carboxylic acids is 1. The highest BCUT2D eigenvalue weighted by Crippen LogP contribution is 2.50. The Morgan fingerprint density at radius 2 is 1.37 bits per heavy atom. The Hall–Kier alpha value is -3.29. The third kappa shape index (κ3) is 7.39. The molecule has 2 unspecified atom stereocenters. The molecule has 0 aromatic heterocycles. The van der Waals surface area contributed by atoms with Crippen LogP contribution in [0.1, 0.15) is 42.6 Å². The Balaban J connectivity index is 1.54. The van der Waals surface area contributed by atoms with Gasteiger partial charge in [-0.25, -0.2) is 0 Å². The van der Waals surface area contributed by atoms with Gasteiger partial charge >= 0.3 is 13.6 Å². The highest BCUT2D eigenvalue weighted by molar-refractivity contribution is 7.52. The van der Waals surface area contributed by atoms with Gasteiger partial charge in [-0.15, -0.1) is 0 Å². The molecule has 1 aliphatic rings. The van der Waals surface area contributed by atoms with E-state index in [4.69, 9.17) is 0 Å². The van der Waals surface area contributed by atoms with Gasteiger partial charge in [-0.05, 0) is 54.4 Å². The molecule has 4 rings (SSSR count). The van der Waals surface area contributed by atoms with E-state index in [9.17, 15) is 29.0 Å². The number of amides is 1. The van der Waals surface area contributed by atoms with Crippen LogP contribution in [0, 0.1) is 5.92 Å². The SMILES string of the molecule is O=C(O)C1CCC(NC(=O)C(Cc2ccc(-c3ccccc3)cc2)NC(c2ccccc2)P(=O)(O)O)CC1. The molecule has 8 nitrogen and oxygen atoms in total. The lowest BCUT2D eigenvalue weighted by Crippen LogP contribution is -2.50. The summed E-state index contributed by atoms with van der Waals surface area (Å²) < 4.78 is 12.5. The second-order valence-electron chi connectivity index (χ2n) is 9.78.